The Morgan fingerprint density at radius 2 is 1.76 bits per heavy atom. The molecule has 140 valence electrons. The van der Waals surface area contributed by atoms with Crippen LogP contribution in [0.25, 0.3) is 0 Å². The highest BCUT2D eigenvalue weighted by Gasteiger charge is 2.28. The summed E-state index contributed by atoms with van der Waals surface area (Å²) in [4.78, 5) is 23.2. The van der Waals surface area contributed by atoms with Crippen LogP contribution in [-0.4, -0.2) is 44.9 Å². The minimum atomic E-state index is -4.51. The molecular formula is C15H20F3N3O4. The Kier molecular flexibility index (Phi) is 7.34. The van der Waals surface area contributed by atoms with Gasteiger partial charge in [-0.1, -0.05) is 6.07 Å². The van der Waals surface area contributed by atoms with Crippen LogP contribution in [0.2, 0.25) is 0 Å². The number of amides is 3. The molecule has 7 nitrogen and oxygen atoms in total. The van der Waals surface area contributed by atoms with E-state index >= 15 is 0 Å². The lowest BCUT2D eigenvalue weighted by Crippen LogP contribution is -2.49. The molecule has 3 amide bonds. The average molecular weight is 363 g/mol. The molecule has 0 saturated carbocycles. The lowest BCUT2D eigenvalue weighted by Gasteiger charge is -2.16. The zero-order chi connectivity index (χ0) is 19.0. The van der Waals surface area contributed by atoms with Gasteiger partial charge in [-0.25, -0.2) is 4.79 Å². The van der Waals surface area contributed by atoms with Crippen molar-refractivity contribution in [2.45, 2.75) is 25.7 Å². The Hall–Kier alpha value is -2.65. The minimum Gasteiger partial charge on any atom is -0.493 e. The largest absolute Gasteiger partial charge is 0.493 e. The SMILES string of the molecule is COc1ccc(CNC(=O)N[C@@H](C)C(=O)NCC(F)(F)F)cc1OC. The van der Waals surface area contributed by atoms with Crippen LogP contribution < -0.4 is 25.4 Å². The molecule has 0 aliphatic rings. The third-order valence-corrected chi connectivity index (χ3v) is 3.10. The van der Waals surface area contributed by atoms with Crippen LogP contribution in [0.4, 0.5) is 18.0 Å². The van der Waals surface area contributed by atoms with Crippen LogP contribution in [0.3, 0.4) is 0 Å². The van der Waals surface area contributed by atoms with Gasteiger partial charge in [0.15, 0.2) is 11.5 Å². The molecule has 1 rings (SSSR count). The number of methoxy groups -OCH3 is 2. The van der Waals surface area contributed by atoms with E-state index < -0.39 is 30.7 Å². The van der Waals surface area contributed by atoms with E-state index in [1.165, 1.54) is 21.1 Å². The lowest BCUT2D eigenvalue weighted by atomic mass is 10.2. The number of nitrogens with one attached hydrogen (secondary N) is 3. The Labute approximate surface area is 142 Å². The van der Waals surface area contributed by atoms with E-state index in [4.69, 9.17) is 9.47 Å². The summed E-state index contributed by atoms with van der Waals surface area (Å²) >= 11 is 0. The van der Waals surface area contributed by atoms with Crippen LogP contribution in [0, 0.1) is 0 Å². The summed E-state index contributed by atoms with van der Waals surface area (Å²) in [5.41, 5.74) is 0.710. The van der Waals surface area contributed by atoms with Gasteiger partial charge in [0.25, 0.3) is 0 Å². The Balaban J connectivity index is 2.48. The molecule has 0 unspecified atom stereocenters. The maximum Gasteiger partial charge on any atom is 0.405 e. The highest BCUT2D eigenvalue weighted by Crippen LogP contribution is 2.27. The monoisotopic (exact) mass is 363 g/mol. The van der Waals surface area contributed by atoms with Gasteiger partial charge in [-0.2, -0.15) is 13.2 Å². The molecule has 3 N–H and O–H groups in total. The smallest absolute Gasteiger partial charge is 0.405 e. The standard InChI is InChI=1S/C15H20F3N3O4/c1-9(13(22)20-8-15(16,17)18)21-14(23)19-7-10-4-5-11(24-2)12(6-10)25-3/h4-6,9H,7-8H2,1-3H3,(H,20,22)(H2,19,21,23)/t9-/m0/s1. The molecule has 0 saturated heterocycles. The molecule has 1 aromatic rings. The second-order valence-corrected chi connectivity index (χ2v) is 5.07. The van der Waals surface area contributed by atoms with Gasteiger partial charge in [-0.05, 0) is 24.6 Å². The molecule has 0 bridgehead atoms. The molecular weight excluding hydrogens is 343 g/mol. The summed E-state index contributed by atoms with van der Waals surface area (Å²) in [7, 11) is 2.97. The molecule has 0 spiro atoms. The summed E-state index contributed by atoms with van der Waals surface area (Å²) in [6.07, 6.45) is -4.51. The van der Waals surface area contributed by atoms with Gasteiger partial charge < -0.3 is 25.4 Å². The molecule has 1 atom stereocenters. The van der Waals surface area contributed by atoms with Crippen LogP contribution in [-0.2, 0) is 11.3 Å². The molecule has 0 heterocycles. The van der Waals surface area contributed by atoms with E-state index in [0.717, 1.165) is 0 Å². The molecule has 1 aromatic carbocycles. The second-order valence-electron chi connectivity index (χ2n) is 5.07. The fraction of sp³-hybridized carbons (Fsp3) is 0.467. The first-order chi connectivity index (χ1) is 11.7. The number of ether oxygens (including phenoxy) is 2. The highest BCUT2D eigenvalue weighted by molar-refractivity contribution is 5.86. The van der Waals surface area contributed by atoms with Crippen molar-refractivity contribution >= 4 is 11.9 Å². The first-order valence-corrected chi connectivity index (χ1v) is 7.26. The number of urea groups is 1. The first-order valence-electron chi connectivity index (χ1n) is 7.26. The Bertz CT molecular complexity index is 608. The summed E-state index contributed by atoms with van der Waals surface area (Å²) in [6.45, 7) is -0.0457. The summed E-state index contributed by atoms with van der Waals surface area (Å²) in [5, 5.41) is 6.44. The van der Waals surface area contributed by atoms with Crippen molar-refractivity contribution in [1.82, 2.24) is 16.0 Å². The maximum atomic E-state index is 12.0. The van der Waals surface area contributed by atoms with E-state index in [1.54, 1.807) is 23.5 Å². The number of carbonyl (C=O) groups excluding carboxylic acids is 2. The third kappa shape index (κ3) is 7.19. The van der Waals surface area contributed by atoms with E-state index in [1.807, 2.05) is 0 Å². The topological polar surface area (TPSA) is 88.7 Å². The van der Waals surface area contributed by atoms with E-state index in [9.17, 15) is 22.8 Å². The predicted octanol–water partition coefficient (Wildman–Crippen LogP) is 1.57. The van der Waals surface area contributed by atoms with Gasteiger partial charge in [0.2, 0.25) is 5.91 Å². The third-order valence-electron chi connectivity index (χ3n) is 3.10. The number of carbonyl (C=O) groups is 2. The zero-order valence-corrected chi connectivity index (χ0v) is 14.0. The van der Waals surface area contributed by atoms with Crippen molar-refractivity contribution in [2.75, 3.05) is 20.8 Å². The van der Waals surface area contributed by atoms with E-state index in [-0.39, 0.29) is 6.54 Å². The minimum absolute atomic E-state index is 0.128. The van der Waals surface area contributed by atoms with Crippen LogP contribution in [0.15, 0.2) is 18.2 Å². The Morgan fingerprint density at radius 3 is 2.32 bits per heavy atom. The molecule has 0 fully saturated rings. The molecule has 0 radical (unpaired) electrons. The van der Waals surface area contributed by atoms with Crippen LogP contribution >= 0.6 is 0 Å². The molecule has 0 aromatic heterocycles. The number of rotatable bonds is 7. The number of halogens is 3. The zero-order valence-electron chi connectivity index (χ0n) is 14.0. The Morgan fingerprint density at radius 1 is 1.12 bits per heavy atom. The number of alkyl halides is 3. The van der Waals surface area contributed by atoms with Gasteiger partial charge in [-0.3, -0.25) is 4.79 Å². The van der Waals surface area contributed by atoms with Gasteiger partial charge in [0, 0.05) is 6.54 Å². The summed E-state index contributed by atoms with van der Waals surface area (Å²) < 4.78 is 46.3. The molecule has 25 heavy (non-hydrogen) atoms. The average Bonchev–Trinajstić information content (AvgIpc) is 2.56. The number of hydrogen-bond acceptors (Lipinski definition) is 4. The van der Waals surface area contributed by atoms with Crippen molar-refractivity contribution in [2.24, 2.45) is 0 Å². The normalized spacial score (nSPS) is 12.1. The number of hydrogen-bond donors (Lipinski definition) is 3. The van der Waals surface area contributed by atoms with Gasteiger partial charge in [0.1, 0.15) is 12.6 Å². The first kappa shape index (κ1) is 20.4. The van der Waals surface area contributed by atoms with Gasteiger partial charge in [0.05, 0.1) is 14.2 Å². The fourth-order valence-corrected chi connectivity index (χ4v) is 1.83. The van der Waals surface area contributed by atoms with Crippen molar-refractivity contribution in [1.29, 1.82) is 0 Å². The lowest BCUT2D eigenvalue weighted by molar-refractivity contribution is -0.139. The summed E-state index contributed by atoms with van der Waals surface area (Å²) in [6, 6.07) is 3.23. The highest BCUT2D eigenvalue weighted by atomic mass is 19.4. The van der Waals surface area contributed by atoms with Crippen LogP contribution in [0.1, 0.15) is 12.5 Å². The quantitative estimate of drug-likeness (QED) is 0.686. The summed E-state index contributed by atoms with van der Waals surface area (Å²) in [5.74, 6) is 0.0892. The van der Waals surface area contributed by atoms with Crippen molar-refractivity contribution in [3.05, 3.63) is 23.8 Å². The predicted molar refractivity (Wildman–Crippen MR) is 83.4 cm³/mol. The van der Waals surface area contributed by atoms with Gasteiger partial charge in [-0.15, -0.1) is 0 Å². The van der Waals surface area contributed by atoms with Crippen LogP contribution in [0.5, 0.6) is 11.5 Å². The van der Waals surface area contributed by atoms with E-state index in [2.05, 4.69) is 10.6 Å². The maximum absolute atomic E-state index is 12.0. The van der Waals surface area contributed by atoms with Gasteiger partial charge >= 0.3 is 12.2 Å². The number of benzene rings is 1. The van der Waals surface area contributed by atoms with Crippen molar-refractivity contribution < 1.29 is 32.2 Å². The fourth-order valence-electron chi connectivity index (χ4n) is 1.83. The van der Waals surface area contributed by atoms with Crippen molar-refractivity contribution in [3.63, 3.8) is 0 Å². The molecule has 0 aliphatic carbocycles. The van der Waals surface area contributed by atoms with Crippen molar-refractivity contribution in [3.8, 4) is 11.5 Å². The molecule has 0 aliphatic heterocycles. The van der Waals surface area contributed by atoms with E-state index in [0.29, 0.717) is 17.1 Å². The second kappa shape index (κ2) is 9.00. The molecule has 10 heteroatoms.